The van der Waals surface area contributed by atoms with Crippen LogP contribution in [0.3, 0.4) is 0 Å². The molecule has 1 N–H and O–H groups in total. The average molecular weight is 369 g/mol. The van der Waals surface area contributed by atoms with Gasteiger partial charge in [0.25, 0.3) is 10.0 Å². The number of sulfonamides is 1. The summed E-state index contributed by atoms with van der Waals surface area (Å²) in [5.74, 6) is 0. The van der Waals surface area contributed by atoms with Crippen molar-refractivity contribution in [3.8, 4) is 0 Å². The minimum atomic E-state index is -3.54. The molecule has 0 spiro atoms. The second-order valence-corrected chi connectivity index (χ2v) is 8.79. The lowest BCUT2D eigenvalue weighted by Gasteiger charge is -2.25. The molecule has 5 nitrogen and oxygen atoms in total. The Morgan fingerprint density at radius 3 is 2.79 bits per heavy atom. The molecule has 0 bridgehead atoms. The highest BCUT2D eigenvalue weighted by molar-refractivity contribution is 9.10. The minimum Gasteiger partial charge on any atom is -0.392 e. The van der Waals surface area contributed by atoms with Crippen molar-refractivity contribution in [1.82, 2.24) is 9.21 Å². The smallest absolute Gasteiger partial charge is 0.254 e. The van der Waals surface area contributed by atoms with Gasteiger partial charge in [-0.3, -0.25) is 0 Å². The van der Waals surface area contributed by atoms with E-state index in [1.165, 1.54) is 15.6 Å². The van der Waals surface area contributed by atoms with Crippen LogP contribution in [-0.4, -0.2) is 62.1 Å². The molecule has 108 valence electrons. The van der Waals surface area contributed by atoms with E-state index in [9.17, 15) is 13.5 Å². The number of nitrogens with zero attached hydrogens (tertiary/aromatic N) is 2. The summed E-state index contributed by atoms with van der Waals surface area (Å²) < 4.78 is 27.6. The first-order valence-corrected chi connectivity index (χ1v) is 9.01. The number of hydrogen-bond donors (Lipinski definition) is 1. The van der Waals surface area contributed by atoms with Crippen LogP contribution in [0.15, 0.2) is 20.1 Å². The maximum atomic E-state index is 12.6. The van der Waals surface area contributed by atoms with Crippen molar-refractivity contribution in [3.63, 3.8) is 0 Å². The molecule has 2 heterocycles. The Balaban J connectivity index is 2.31. The second kappa shape index (κ2) is 5.79. The molecule has 8 heteroatoms. The Bertz CT molecular complexity index is 544. The summed E-state index contributed by atoms with van der Waals surface area (Å²) in [4.78, 5) is 1.94. The number of rotatable bonds is 4. The second-order valence-electron chi connectivity index (χ2n) is 4.94. The number of aliphatic hydroxyl groups excluding tert-OH is 1. The molecule has 2 rings (SSSR count). The third kappa shape index (κ3) is 3.20. The van der Waals surface area contributed by atoms with Crippen LogP contribution in [-0.2, 0) is 10.0 Å². The van der Waals surface area contributed by atoms with Crippen molar-refractivity contribution in [2.24, 2.45) is 0 Å². The van der Waals surface area contributed by atoms with Gasteiger partial charge in [-0.1, -0.05) is 0 Å². The van der Waals surface area contributed by atoms with Crippen molar-refractivity contribution in [2.45, 2.75) is 22.8 Å². The standard InChI is InChI=1S/C11H17BrN2O3S2/c1-13(2)6-8-5-9(15)7-14(8)19(16,17)11-10(12)3-4-18-11/h3-4,8-9,15H,5-7H2,1-2H3. The van der Waals surface area contributed by atoms with E-state index in [1.54, 1.807) is 11.4 Å². The fourth-order valence-corrected chi connectivity index (χ4v) is 6.41. The Hall–Kier alpha value is 0.01000. The van der Waals surface area contributed by atoms with Gasteiger partial charge in [-0.25, -0.2) is 8.42 Å². The molecule has 1 fully saturated rings. The van der Waals surface area contributed by atoms with E-state index >= 15 is 0 Å². The van der Waals surface area contributed by atoms with Crippen molar-refractivity contribution >= 4 is 37.3 Å². The molecule has 0 aromatic carbocycles. The van der Waals surface area contributed by atoms with Gasteiger partial charge in [-0.2, -0.15) is 4.31 Å². The zero-order chi connectivity index (χ0) is 14.2. The molecule has 0 radical (unpaired) electrons. The molecule has 1 aromatic heterocycles. The van der Waals surface area contributed by atoms with Crippen LogP contribution in [0.5, 0.6) is 0 Å². The minimum absolute atomic E-state index is 0.172. The molecule has 1 aromatic rings. The van der Waals surface area contributed by atoms with Crippen LogP contribution in [0.1, 0.15) is 6.42 Å². The van der Waals surface area contributed by atoms with Gasteiger partial charge >= 0.3 is 0 Å². The third-order valence-corrected chi connectivity index (χ3v) is 7.61. The Labute approximate surface area is 126 Å². The summed E-state index contributed by atoms with van der Waals surface area (Å²) >= 11 is 4.46. The summed E-state index contributed by atoms with van der Waals surface area (Å²) in [5.41, 5.74) is 0. The molecule has 1 aliphatic heterocycles. The van der Waals surface area contributed by atoms with Crippen LogP contribution in [0.25, 0.3) is 0 Å². The van der Waals surface area contributed by atoms with Gasteiger partial charge in [0.05, 0.1) is 6.10 Å². The number of β-amino-alcohol motifs (C(OH)–C–C–N with tert-alkyl or cyclic N) is 1. The van der Waals surface area contributed by atoms with Crippen LogP contribution >= 0.6 is 27.3 Å². The molecule has 2 atom stereocenters. The Morgan fingerprint density at radius 1 is 1.58 bits per heavy atom. The van der Waals surface area contributed by atoms with E-state index in [0.717, 1.165) is 0 Å². The van der Waals surface area contributed by atoms with Crippen LogP contribution in [0, 0.1) is 0 Å². The molecule has 2 unspecified atom stereocenters. The number of halogens is 1. The maximum absolute atomic E-state index is 12.6. The van der Waals surface area contributed by atoms with Gasteiger partial charge in [0, 0.05) is 23.6 Å². The van der Waals surface area contributed by atoms with Crippen molar-refractivity contribution in [1.29, 1.82) is 0 Å². The predicted octanol–water partition coefficient (Wildman–Crippen LogP) is 1.20. The summed E-state index contributed by atoms with van der Waals surface area (Å²) in [6, 6.07) is 1.55. The van der Waals surface area contributed by atoms with Crippen LogP contribution < -0.4 is 0 Å². The first-order chi connectivity index (χ1) is 8.82. The summed E-state index contributed by atoms with van der Waals surface area (Å²) in [6.07, 6.45) is -0.0982. The van der Waals surface area contributed by atoms with Gasteiger partial charge in [0.2, 0.25) is 0 Å². The maximum Gasteiger partial charge on any atom is 0.254 e. The monoisotopic (exact) mass is 368 g/mol. The number of hydrogen-bond acceptors (Lipinski definition) is 5. The molecule has 0 amide bonds. The van der Waals surface area contributed by atoms with Crippen molar-refractivity contribution < 1.29 is 13.5 Å². The highest BCUT2D eigenvalue weighted by Crippen LogP contribution is 2.34. The molecule has 0 aliphatic carbocycles. The SMILES string of the molecule is CN(C)CC1CC(O)CN1S(=O)(=O)c1sccc1Br. The first-order valence-electron chi connectivity index (χ1n) is 5.90. The lowest BCUT2D eigenvalue weighted by molar-refractivity contribution is 0.188. The highest BCUT2D eigenvalue weighted by Gasteiger charge is 2.40. The van der Waals surface area contributed by atoms with Crippen LogP contribution in [0.4, 0.5) is 0 Å². The third-order valence-electron chi connectivity index (χ3n) is 3.05. The van der Waals surface area contributed by atoms with Gasteiger partial charge in [0.1, 0.15) is 4.21 Å². The van der Waals surface area contributed by atoms with Gasteiger partial charge in [0.15, 0.2) is 0 Å². The largest absolute Gasteiger partial charge is 0.392 e. The molecular formula is C11H17BrN2O3S2. The number of aliphatic hydroxyl groups is 1. The number of thiophene rings is 1. The molecule has 1 aliphatic rings. The molecule has 0 saturated carbocycles. The quantitative estimate of drug-likeness (QED) is 0.867. The zero-order valence-electron chi connectivity index (χ0n) is 10.8. The average Bonchev–Trinajstić information content (AvgIpc) is 2.84. The lowest BCUT2D eigenvalue weighted by Crippen LogP contribution is -2.41. The summed E-state index contributed by atoms with van der Waals surface area (Å²) in [6.45, 7) is 0.782. The van der Waals surface area contributed by atoms with E-state index in [-0.39, 0.29) is 12.6 Å². The Morgan fingerprint density at radius 2 is 2.26 bits per heavy atom. The van der Waals surface area contributed by atoms with Gasteiger partial charge in [-0.05, 0) is 47.9 Å². The lowest BCUT2D eigenvalue weighted by atomic mass is 10.2. The summed E-state index contributed by atoms with van der Waals surface area (Å²) in [5, 5.41) is 11.5. The fraction of sp³-hybridized carbons (Fsp3) is 0.636. The fourth-order valence-electron chi connectivity index (χ4n) is 2.31. The first kappa shape index (κ1) is 15.4. The molecular weight excluding hydrogens is 352 g/mol. The van der Waals surface area contributed by atoms with E-state index in [0.29, 0.717) is 21.6 Å². The summed E-state index contributed by atoms with van der Waals surface area (Å²) in [7, 11) is 0.263. The Kier molecular flexibility index (Phi) is 4.69. The van der Waals surface area contributed by atoms with E-state index in [2.05, 4.69) is 15.9 Å². The van der Waals surface area contributed by atoms with Gasteiger partial charge in [-0.15, -0.1) is 11.3 Å². The highest BCUT2D eigenvalue weighted by atomic mass is 79.9. The van der Waals surface area contributed by atoms with Crippen molar-refractivity contribution in [3.05, 3.63) is 15.9 Å². The van der Waals surface area contributed by atoms with Gasteiger partial charge < -0.3 is 10.0 Å². The molecule has 1 saturated heterocycles. The zero-order valence-corrected chi connectivity index (χ0v) is 14.0. The van der Waals surface area contributed by atoms with Crippen molar-refractivity contribution in [2.75, 3.05) is 27.2 Å². The van der Waals surface area contributed by atoms with E-state index < -0.39 is 16.1 Å². The molecule has 19 heavy (non-hydrogen) atoms. The number of likely N-dealkylation sites (N-methyl/N-ethyl adjacent to an activating group) is 1. The predicted molar refractivity (Wildman–Crippen MR) is 78.9 cm³/mol. The van der Waals surface area contributed by atoms with E-state index in [1.807, 2.05) is 19.0 Å². The van der Waals surface area contributed by atoms with Crippen LogP contribution in [0.2, 0.25) is 0 Å². The van der Waals surface area contributed by atoms with E-state index in [4.69, 9.17) is 0 Å². The normalized spacial score (nSPS) is 25.3. The topological polar surface area (TPSA) is 60.9 Å².